The number of Topliss-reactive ketones (excluding diaryl/α,β-unsaturated/α-hetero) is 1. The summed E-state index contributed by atoms with van der Waals surface area (Å²) in [5.74, 6) is -0.780. The van der Waals surface area contributed by atoms with Crippen molar-refractivity contribution in [3.63, 3.8) is 0 Å². The van der Waals surface area contributed by atoms with Gasteiger partial charge in [-0.25, -0.2) is 4.79 Å². The third-order valence-electron chi connectivity index (χ3n) is 5.38. The first kappa shape index (κ1) is 20.8. The van der Waals surface area contributed by atoms with E-state index in [0.29, 0.717) is 18.4 Å². The van der Waals surface area contributed by atoms with Crippen molar-refractivity contribution >= 4 is 11.8 Å². The second-order valence-electron chi connectivity index (χ2n) is 7.47. The molecule has 2 aromatic rings. The first-order chi connectivity index (χ1) is 14.1. The van der Waals surface area contributed by atoms with Crippen molar-refractivity contribution in [1.29, 1.82) is 0 Å². The molecule has 152 valence electrons. The standard InChI is InChI=1S/C25H28O4/c1-2-3-4-5-17-29-21-15-13-19(14-16-21)18-9-11-20(12-10-18)24(26)22-7-6-8-23(22)25(27)28/h8-16,22H,2-7,17H2,1H3,(H,27,28). The van der Waals surface area contributed by atoms with Crippen LogP contribution in [0, 0.1) is 5.92 Å². The van der Waals surface area contributed by atoms with Crippen molar-refractivity contribution in [3.05, 3.63) is 65.7 Å². The predicted octanol–water partition coefficient (Wildman–Crippen LogP) is 5.92. The van der Waals surface area contributed by atoms with Gasteiger partial charge in [-0.15, -0.1) is 0 Å². The van der Waals surface area contributed by atoms with E-state index in [1.54, 1.807) is 18.2 Å². The fourth-order valence-electron chi connectivity index (χ4n) is 3.70. The largest absolute Gasteiger partial charge is 0.494 e. The highest BCUT2D eigenvalue weighted by atomic mass is 16.5. The Morgan fingerprint density at radius 2 is 1.62 bits per heavy atom. The van der Waals surface area contributed by atoms with Crippen LogP contribution in [-0.4, -0.2) is 23.5 Å². The molecule has 4 heteroatoms. The number of ketones is 1. The monoisotopic (exact) mass is 392 g/mol. The van der Waals surface area contributed by atoms with Crippen LogP contribution in [0.25, 0.3) is 11.1 Å². The summed E-state index contributed by atoms with van der Waals surface area (Å²) in [4.78, 5) is 24.0. The molecule has 3 rings (SSSR count). The first-order valence-electron chi connectivity index (χ1n) is 10.4. The van der Waals surface area contributed by atoms with E-state index in [1.165, 1.54) is 19.3 Å². The summed E-state index contributed by atoms with van der Waals surface area (Å²) in [7, 11) is 0. The molecule has 29 heavy (non-hydrogen) atoms. The average molecular weight is 392 g/mol. The summed E-state index contributed by atoms with van der Waals surface area (Å²) in [5, 5.41) is 9.26. The Morgan fingerprint density at radius 3 is 2.24 bits per heavy atom. The summed E-state index contributed by atoms with van der Waals surface area (Å²) >= 11 is 0. The number of carbonyl (C=O) groups excluding carboxylic acids is 1. The summed E-state index contributed by atoms with van der Waals surface area (Å²) in [6, 6.07) is 15.4. The molecule has 1 aliphatic rings. The van der Waals surface area contributed by atoms with Gasteiger partial charge in [0, 0.05) is 11.1 Å². The quantitative estimate of drug-likeness (QED) is 0.403. The van der Waals surface area contributed by atoms with Crippen LogP contribution in [0.3, 0.4) is 0 Å². The van der Waals surface area contributed by atoms with Crippen LogP contribution in [0.5, 0.6) is 5.75 Å². The second-order valence-corrected chi connectivity index (χ2v) is 7.47. The summed E-state index contributed by atoms with van der Waals surface area (Å²) in [6.07, 6.45) is 7.61. The maximum absolute atomic E-state index is 12.7. The lowest BCUT2D eigenvalue weighted by Crippen LogP contribution is -2.18. The van der Waals surface area contributed by atoms with Gasteiger partial charge >= 0.3 is 5.97 Å². The van der Waals surface area contributed by atoms with Gasteiger partial charge in [0.15, 0.2) is 5.78 Å². The minimum absolute atomic E-state index is 0.116. The van der Waals surface area contributed by atoms with Crippen LogP contribution in [-0.2, 0) is 4.79 Å². The summed E-state index contributed by atoms with van der Waals surface area (Å²) < 4.78 is 5.78. The van der Waals surface area contributed by atoms with E-state index in [2.05, 4.69) is 6.92 Å². The van der Waals surface area contributed by atoms with E-state index >= 15 is 0 Å². The number of hydrogen-bond acceptors (Lipinski definition) is 3. The van der Waals surface area contributed by atoms with E-state index in [9.17, 15) is 14.7 Å². The van der Waals surface area contributed by atoms with E-state index in [0.717, 1.165) is 29.9 Å². The molecule has 0 spiro atoms. The van der Waals surface area contributed by atoms with E-state index < -0.39 is 11.9 Å². The molecule has 0 saturated heterocycles. The highest BCUT2D eigenvalue weighted by Crippen LogP contribution is 2.30. The fourth-order valence-corrected chi connectivity index (χ4v) is 3.70. The molecule has 0 aliphatic heterocycles. The van der Waals surface area contributed by atoms with E-state index in [4.69, 9.17) is 4.74 Å². The molecule has 0 fully saturated rings. The van der Waals surface area contributed by atoms with Gasteiger partial charge in [-0.1, -0.05) is 68.7 Å². The van der Waals surface area contributed by atoms with Crippen LogP contribution < -0.4 is 4.74 Å². The van der Waals surface area contributed by atoms with Gasteiger partial charge in [-0.2, -0.15) is 0 Å². The van der Waals surface area contributed by atoms with Crippen LogP contribution in [0.15, 0.2) is 60.2 Å². The average Bonchev–Trinajstić information content (AvgIpc) is 3.24. The maximum atomic E-state index is 12.7. The molecule has 1 N–H and O–H groups in total. The van der Waals surface area contributed by atoms with E-state index in [1.807, 2.05) is 36.4 Å². The van der Waals surface area contributed by atoms with Gasteiger partial charge in [-0.3, -0.25) is 4.79 Å². The lowest BCUT2D eigenvalue weighted by molar-refractivity contribution is -0.133. The zero-order valence-corrected chi connectivity index (χ0v) is 16.9. The van der Waals surface area contributed by atoms with Gasteiger partial charge in [0.1, 0.15) is 5.75 Å². The number of carboxylic acids is 1. The lowest BCUT2D eigenvalue weighted by atomic mass is 9.91. The number of carbonyl (C=O) groups is 2. The molecule has 0 saturated carbocycles. The molecular weight excluding hydrogens is 364 g/mol. The molecule has 1 aliphatic carbocycles. The molecule has 1 unspecified atom stereocenters. The highest BCUT2D eigenvalue weighted by Gasteiger charge is 2.31. The topological polar surface area (TPSA) is 63.6 Å². The van der Waals surface area contributed by atoms with Gasteiger partial charge < -0.3 is 9.84 Å². The normalized spacial score (nSPS) is 15.8. The molecule has 0 radical (unpaired) electrons. The van der Waals surface area contributed by atoms with E-state index in [-0.39, 0.29) is 11.4 Å². The Bertz CT molecular complexity index is 863. The van der Waals surface area contributed by atoms with Crippen molar-refractivity contribution in [1.82, 2.24) is 0 Å². The Hall–Kier alpha value is -2.88. The molecule has 0 aromatic heterocycles. The van der Waals surface area contributed by atoms with Crippen molar-refractivity contribution < 1.29 is 19.4 Å². The zero-order valence-electron chi connectivity index (χ0n) is 16.9. The van der Waals surface area contributed by atoms with Crippen molar-refractivity contribution in [2.45, 2.75) is 45.4 Å². The van der Waals surface area contributed by atoms with Crippen LogP contribution >= 0.6 is 0 Å². The number of benzene rings is 2. The first-order valence-corrected chi connectivity index (χ1v) is 10.4. The number of unbranched alkanes of at least 4 members (excludes halogenated alkanes) is 3. The Morgan fingerprint density at radius 1 is 0.966 bits per heavy atom. The minimum atomic E-state index is -0.995. The maximum Gasteiger partial charge on any atom is 0.331 e. The number of rotatable bonds is 10. The smallest absolute Gasteiger partial charge is 0.331 e. The third kappa shape index (κ3) is 5.35. The third-order valence-corrected chi connectivity index (χ3v) is 5.38. The van der Waals surface area contributed by atoms with Crippen molar-refractivity contribution in [2.75, 3.05) is 6.61 Å². The SMILES string of the molecule is CCCCCCOc1ccc(-c2ccc(C(=O)C3CCC=C3C(=O)O)cc2)cc1. The Balaban J connectivity index is 1.60. The molecule has 1 atom stereocenters. The fraction of sp³-hybridized carbons (Fsp3) is 0.360. The second kappa shape index (κ2) is 10.1. The Labute approximate surface area is 172 Å². The number of hydrogen-bond donors (Lipinski definition) is 1. The predicted molar refractivity (Wildman–Crippen MR) is 114 cm³/mol. The van der Waals surface area contributed by atoms with Gasteiger partial charge in [0.05, 0.1) is 12.5 Å². The molecular formula is C25H28O4. The highest BCUT2D eigenvalue weighted by molar-refractivity contribution is 6.05. The zero-order chi connectivity index (χ0) is 20.6. The van der Waals surface area contributed by atoms with Crippen molar-refractivity contribution in [3.8, 4) is 16.9 Å². The number of aliphatic carboxylic acids is 1. The van der Waals surface area contributed by atoms with Gasteiger partial charge in [0.2, 0.25) is 0 Å². The number of allylic oxidation sites excluding steroid dienone is 1. The van der Waals surface area contributed by atoms with Gasteiger partial charge in [0.25, 0.3) is 0 Å². The molecule has 4 nitrogen and oxygen atoms in total. The molecule has 0 amide bonds. The lowest BCUT2D eigenvalue weighted by Gasteiger charge is -2.12. The van der Waals surface area contributed by atoms with Crippen molar-refractivity contribution in [2.24, 2.45) is 5.92 Å². The molecule has 0 bridgehead atoms. The van der Waals surface area contributed by atoms with Crippen LogP contribution in [0.2, 0.25) is 0 Å². The van der Waals surface area contributed by atoms with Crippen LogP contribution in [0.1, 0.15) is 55.8 Å². The summed E-state index contributed by atoms with van der Waals surface area (Å²) in [6.45, 7) is 2.94. The van der Waals surface area contributed by atoms with Crippen LogP contribution in [0.4, 0.5) is 0 Å². The Kier molecular flexibility index (Phi) is 7.23. The molecule has 0 heterocycles. The number of ether oxygens (including phenoxy) is 1. The molecule has 2 aromatic carbocycles. The number of carboxylic acid groups (broad SMARTS) is 1. The summed E-state index contributed by atoms with van der Waals surface area (Å²) in [5.41, 5.74) is 2.84. The van der Waals surface area contributed by atoms with Gasteiger partial charge in [-0.05, 0) is 42.5 Å². The minimum Gasteiger partial charge on any atom is -0.494 e.